The Balaban J connectivity index is 1.85. The minimum absolute atomic E-state index is 0.0663. The molecule has 0 aromatic carbocycles. The number of ether oxygens (including phenoxy) is 3. The topological polar surface area (TPSA) is 78.9 Å². The molecule has 0 aromatic rings. The summed E-state index contributed by atoms with van der Waals surface area (Å²) in [5, 5.41) is 0. The van der Waals surface area contributed by atoms with Crippen molar-refractivity contribution in [2.24, 2.45) is 10.8 Å². The Morgan fingerprint density at radius 1 is 1.26 bits per heavy atom. The molecular weight excluding hydrogens is 300 g/mol. The maximum absolute atomic E-state index is 12.9. The molecule has 3 rings (SSSR count). The van der Waals surface area contributed by atoms with Crippen LogP contribution in [0.4, 0.5) is 0 Å². The number of fused-ring (bicyclic) bond motifs is 2. The Bertz CT molecular complexity index is 606. The number of ketones is 1. The predicted molar refractivity (Wildman–Crippen MR) is 79.4 cm³/mol. The third-order valence-corrected chi connectivity index (χ3v) is 6.20. The van der Waals surface area contributed by atoms with Gasteiger partial charge in [0.2, 0.25) is 5.60 Å². The van der Waals surface area contributed by atoms with Crippen LogP contribution in [0.15, 0.2) is 12.2 Å². The first kappa shape index (κ1) is 16.2. The van der Waals surface area contributed by atoms with Crippen LogP contribution in [0.25, 0.3) is 0 Å². The highest BCUT2D eigenvalue weighted by Crippen LogP contribution is 2.65. The second kappa shape index (κ2) is 4.90. The van der Waals surface area contributed by atoms with Gasteiger partial charge in [0, 0.05) is 18.9 Å². The Hall–Kier alpha value is -1.69. The first-order valence-corrected chi connectivity index (χ1v) is 7.86. The average Bonchev–Trinajstić information content (AvgIpc) is 2.79. The maximum atomic E-state index is 12.9. The van der Waals surface area contributed by atoms with E-state index in [1.54, 1.807) is 0 Å². The molecule has 0 unspecified atom stereocenters. The standard InChI is InChI=1S/C17H22O6/c1-15(2)16(3)7-8-17(15,23-13(16)19)14(20)22-11-6-5-10(18)9-12(11)21-4/h5-6,11-12H,7-9H2,1-4H3/t11-,12+,16-,17+/m0/s1. The van der Waals surface area contributed by atoms with Crippen LogP contribution in [0.3, 0.4) is 0 Å². The molecule has 6 nitrogen and oxygen atoms in total. The van der Waals surface area contributed by atoms with Crippen LogP contribution in [0.2, 0.25) is 0 Å². The van der Waals surface area contributed by atoms with E-state index >= 15 is 0 Å². The summed E-state index contributed by atoms with van der Waals surface area (Å²) in [6, 6.07) is 0. The largest absolute Gasteiger partial charge is 0.452 e. The Kier molecular flexibility index (Phi) is 3.45. The van der Waals surface area contributed by atoms with Crippen molar-refractivity contribution in [1.82, 2.24) is 0 Å². The van der Waals surface area contributed by atoms with Gasteiger partial charge < -0.3 is 14.2 Å². The molecule has 3 aliphatic rings. The lowest BCUT2D eigenvalue weighted by Gasteiger charge is -2.36. The molecular formula is C17H22O6. The van der Waals surface area contributed by atoms with E-state index in [9.17, 15) is 14.4 Å². The second-order valence-electron chi connectivity index (χ2n) is 7.35. The normalized spacial score (nSPS) is 41.0. The highest BCUT2D eigenvalue weighted by Gasteiger charge is 2.76. The van der Waals surface area contributed by atoms with Crippen molar-refractivity contribution in [3.63, 3.8) is 0 Å². The summed E-state index contributed by atoms with van der Waals surface area (Å²) in [4.78, 5) is 36.5. The van der Waals surface area contributed by atoms with E-state index in [1.165, 1.54) is 19.3 Å². The molecule has 0 radical (unpaired) electrons. The van der Waals surface area contributed by atoms with Gasteiger partial charge in [-0.05, 0) is 31.9 Å². The summed E-state index contributed by atoms with van der Waals surface area (Å²) in [5.74, 6) is -0.963. The van der Waals surface area contributed by atoms with Crippen LogP contribution in [0, 0.1) is 10.8 Å². The van der Waals surface area contributed by atoms with Gasteiger partial charge in [0.15, 0.2) is 5.78 Å². The minimum Gasteiger partial charge on any atom is -0.452 e. The fraction of sp³-hybridized carbons (Fsp3) is 0.706. The van der Waals surface area contributed by atoms with E-state index in [-0.39, 0.29) is 18.2 Å². The molecule has 23 heavy (non-hydrogen) atoms. The van der Waals surface area contributed by atoms with Crippen molar-refractivity contribution in [2.45, 2.75) is 57.8 Å². The molecule has 6 heteroatoms. The molecule has 1 aliphatic heterocycles. The number of rotatable bonds is 3. The predicted octanol–water partition coefficient (Wildman–Crippen LogP) is 1.56. The van der Waals surface area contributed by atoms with E-state index in [0.717, 1.165) is 0 Å². The van der Waals surface area contributed by atoms with Crippen LogP contribution in [0.5, 0.6) is 0 Å². The number of methoxy groups -OCH3 is 1. The van der Waals surface area contributed by atoms with Crippen molar-refractivity contribution in [3.8, 4) is 0 Å². The zero-order chi connectivity index (χ0) is 17.0. The van der Waals surface area contributed by atoms with E-state index in [2.05, 4.69) is 0 Å². The van der Waals surface area contributed by atoms with E-state index in [4.69, 9.17) is 14.2 Å². The van der Waals surface area contributed by atoms with Crippen LogP contribution in [0.1, 0.15) is 40.0 Å². The van der Waals surface area contributed by atoms with E-state index in [1.807, 2.05) is 20.8 Å². The van der Waals surface area contributed by atoms with Crippen molar-refractivity contribution < 1.29 is 28.6 Å². The molecule has 2 aliphatic carbocycles. The van der Waals surface area contributed by atoms with Gasteiger partial charge in [0.05, 0.1) is 5.41 Å². The molecule has 0 spiro atoms. The number of carbonyl (C=O) groups excluding carboxylic acids is 3. The van der Waals surface area contributed by atoms with Crippen molar-refractivity contribution in [1.29, 1.82) is 0 Å². The lowest BCUT2D eigenvalue weighted by atomic mass is 9.66. The van der Waals surface area contributed by atoms with E-state index < -0.39 is 34.6 Å². The zero-order valence-electron chi connectivity index (χ0n) is 13.9. The number of esters is 2. The Morgan fingerprint density at radius 3 is 2.48 bits per heavy atom. The lowest BCUT2D eigenvalue weighted by molar-refractivity contribution is -0.189. The van der Waals surface area contributed by atoms with Gasteiger partial charge in [-0.2, -0.15) is 0 Å². The molecule has 0 aromatic heterocycles. The maximum Gasteiger partial charge on any atom is 0.351 e. The van der Waals surface area contributed by atoms with Crippen molar-refractivity contribution in [2.75, 3.05) is 7.11 Å². The minimum atomic E-state index is -1.26. The van der Waals surface area contributed by atoms with Gasteiger partial charge in [0.25, 0.3) is 0 Å². The summed E-state index contributed by atoms with van der Waals surface area (Å²) in [5.41, 5.74) is -2.58. The first-order valence-electron chi connectivity index (χ1n) is 7.86. The summed E-state index contributed by atoms with van der Waals surface area (Å²) in [7, 11) is 1.47. The second-order valence-corrected chi connectivity index (χ2v) is 7.35. The molecule has 0 amide bonds. The molecule has 4 atom stereocenters. The third kappa shape index (κ3) is 1.94. The van der Waals surface area contributed by atoms with Crippen LogP contribution in [-0.4, -0.2) is 42.6 Å². The molecule has 1 saturated carbocycles. The molecule has 2 bridgehead atoms. The van der Waals surface area contributed by atoms with Gasteiger partial charge in [-0.3, -0.25) is 9.59 Å². The van der Waals surface area contributed by atoms with Crippen molar-refractivity contribution in [3.05, 3.63) is 12.2 Å². The molecule has 1 heterocycles. The molecule has 126 valence electrons. The van der Waals surface area contributed by atoms with Crippen LogP contribution < -0.4 is 0 Å². The highest BCUT2D eigenvalue weighted by atomic mass is 16.6. The van der Waals surface area contributed by atoms with E-state index in [0.29, 0.717) is 12.8 Å². The zero-order valence-corrected chi connectivity index (χ0v) is 13.9. The summed E-state index contributed by atoms with van der Waals surface area (Å²) >= 11 is 0. The average molecular weight is 322 g/mol. The van der Waals surface area contributed by atoms with Gasteiger partial charge in [-0.15, -0.1) is 0 Å². The molecule has 0 N–H and O–H groups in total. The lowest BCUT2D eigenvalue weighted by Crippen LogP contribution is -2.51. The fourth-order valence-electron chi connectivity index (χ4n) is 3.96. The number of hydrogen-bond donors (Lipinski definition) is 0. The number of carbonyl (C=O) groups is 3. The molecule has 2 fully saturated rings. The van der Waals surface area contributed by atoms with Gasteiger partial charge >= 0.3 is 11.9 Å². The number of allylic oxidation sites excluding steroid dienone is 1. The SMILES string of the molecule is CO[C@@H]1CC(=O)C=C[C@@H]1OC(=O)[C@@]12CC[C@@](C)(C(=O)O1)C2(C)C. The Morgan fingerprint density at radius 2 is 1.96 bits per heavy atom. The third-order valence-electron chi connectivity index (χ3n) is 6.20. The first-order chi connectivity index (χ1) is 10.7. The Labute approximate surface area is 135 Å². The molecule has 1 saturated heterocycles. The smallest absolute Gasteiger partial charge is 0.351 e. The summed E-state index contributed by atoms with van der Waals surface area (Å²) in [6.45, 7) is 5.59. The van der Waals surface area contributed by atoms with Crippen LogP contribution >= 0.6 is 0 Å². The summed E-state index contributed by atoms with van der Waals surface area (Å²) in [6.07, 6.45) is 2.98. The summed E-state index contributed by atoms with van der Waals surface area (Å²) < 4.78 is 16.4. The number of hydrogen-bond acceptors (Lipinski definition) is 6. The fourth-order valence-corrected chi connectivity index (χ4v) is 3.96. The van der Waals surface area contributed by atoms with Crippen LogP contribution in [-0.2, 0) is 28.6 Å². The van der Waals surface area contributed by atoms with Gasteiger partial charge in [-0.25, -0.2) is 4.79 Å². The van der Waals surface area contributed by atoms with Gasteiger partial charge in [0.1, 0.15) is 12.2 Å². The quantitative estimate of drug-likeness (QED) is 0.734. The monoisotopic (exact) mass is 322 g/mol. The highest BCUT2D eigenvalue weighted by molar-refractivity contribution is 5.94. The van der Waals surface area contributed by atoms with Crippen molar-refractivity contribution >= 4 is 17.7 Å². The van der Waals surface area contributed by atoms with Gasteiger partial charge in [-0.1, -0.05) is 13.8 Å².